The molecular weight excluding hydrogens is 761 g/mol. The summed E-state index contributed by atoms with van der Waals surface area (Å²) in [5, 5.41) is 16.9. The summed E-state index contributed by atoms with van der Waals surface area (Å²) in [4.78, 5) is 34.8. The first-order valence-corrected chi connectivity index (χ1v) is 19.7. The highest BCUT2D eigenvalue weighted by molar-refractivity contribution is 7.19. The van der Waals surface area contributed by atoms with Crippen LogP contribution in [0.1, 0.15) is 25.8 Å². The van der Waals surface area contributed by atoms with Gasteiger partial charge in [0.2, 0.25) is 10.4 Å². The lowest BCUT2D eigenvalue weighted by molar-refractivity contribution is 0.312. The average molecular weight is 797 g/mol. The van der Waals surface area contributed by atoms with Crippen molar-refractivity contribution in [3.8, 4) is 27.6 Å². The van der Waals surface area contributed by atoms with E-state index in [4.69, 9.17) is 5.10 Å². The molecule has 6 heterocycles. The molecule has 0 amide bonds. The molecule has 4 aromatic heterocycles. The van der Waals surface area contributed by atoms with Crippen molar-refractivity contribution in [1.82, 2.24) is 39.2 Å². The number of hydrogen-bond donors (Lipinski definition) is 1. The van der Waals surface area contributed by atoms with Crippen molar-refractivity contribution in [1.29, 1.82) is 0 Å². The molecule has 0 spiro atoms. The molecule has 292 valence electrons. The molecule has 1 aliphatic carbocycles. The summed E-state index contributed by atoms with van der Waals surface area (Å²) in [6.07, 6.45) is 4.93. The Hall–Kier alpha value is -5.65. The number of benzene rings is 3. The molecule has 2 saturated heterocycles. The summed E-state index contributed by atoms with van der Waals surface area (Å²) in [7, 11) is 2.03. The zero-order valence-electron chi connectivity index (χ0n) is 31.0. The number of rotatable bonds is 6. The van der Waals surface area contributed by atoms with E-state index in [1.807, 2.05) is 28.3 Å². The van der Waals surface area contributed by atoms with E-state index < -0.39 is 34.1 Å². The van der Waals surface area contributed by atoms with Crippen molar-refractivity contribution >= 4 is 49.5 Å². The van der Waals surface area contributed by atoms with E-state index in [1.165, 1.54) is 33.5 Å². The summed E-state index contributed by atoms with van der Waals surface area (Å²) in [6.45, 7) is 6.58. The Labute approximate surface area is 326 Å². The number of halogens is 4. The SMILES string of the molecule is CC1CN(c2cc3c(cc2F)c(=O)c(-c2nn4c(-c5cn(C6CC6)c6cc(N7CCN(C)CC7)c(F)cc6c5=O)nnc4s2)cn3-c2ccc(F)cc2F)CCN1. The molecule has 2 aliphatic heterocycles. The molecule has 17 heteroatoms. The molecule has 3 fully saturated rings. The minimum Gasteiger partial charge on any atom is -0.367 e. The third-order valence-corrected chi connectivity index (χ3v) is 12.2. The van der Waals surface area contributed by atoms with E-state index in [0.717, 1.165) is 55.5 Å². The van der Waals surface area contributed by atoms with E-state index in [2.05, 4.69) is 20.4 Å². The third-order valence-electron chi connectivity index (χ3n) is 11.3. The Bertz CT molecular complexity index is 2890. The summed E-state index contributed by atoms with van der Waals surface area (Å²) in [5.41, 5.74) is 0.662. The molecule has 0 bridgehead atoms. The predicted octanol–water partition coefficient (Wildman–Crippen LogP) is 5.58. The minimum absolute atomic E-state index is 0.00281. The molecule has 7 aromatic rings. The Morgan fingerprint density at radius 3 is 2.16 bits per heavy atom. The van der Waals surface area contributed by atoms with Crippen molar-refractivity contribution in [2.45, 2.75) is 31.8 Å². The molecule has 3 aromatic carbocycles. The molecule has 57 heavy (non-hydrogen) atoms. The van der Waals surface area contributed by atoms with Crippen molar-refractivity contribution in [3.63, 3.8) is 0 Å². The molecule has 1 N–H and O–H groups in total. The predicted molar refractivity (Wildman–Crippen MR) is 212 cm³/mol. The lowest BCUT2D eigenvalue weighted by Crippen LogP contribution is -2.49. The maximum absolute atomic E-state index is 15.9. The maximum atomic E-state index is 15.9. The van der Waals surface area contributed by atoms with Crippen molar-refractivity contribution < 1.29 is 17.6 Å². The van der Waals surface area contributed by atoms with Crippen LogP contribution in [-0.4, -0.2) is 92.7 Å². The molecule has 3 aliphatic rings. The molecule has 10 rings (SSSR count). The third kappa shape index (κ3) is 6.06. The first kappa shape index (κ1) is 35.7. The van der Waals surface area contributed by atoms with E-state index in [0.29, 0.717) is 43.9 Å². The maximum Gasteiger partial charge on any atom is 0.235 e. The van der Waals surface area contributed by atoms with Gasteiger partial charge in [0.15, 0.2) is 16.3 Å². The highest BCUT2D eigenvalue weighted by Gasteiger charge is 2.30. The largest absolute Gasteiger partial charge is 0.367 e. The highest BCUT2D eigenvalue weighted by atomic mass is 32.1. The Morgan fingerprint density at radius 1 is 0.754 bits per heavy atom. The van der Waals surface area contributed by atoms with Crippen LogP contribution in [-0.2, 0) is 0 Å². The van der Waals surface area contributed by atoms with Crippen LogP contribution < -0.4 is 26.0 Å². The molecule has 12 nitrogen and oxygen atoms in total. The summed E-state index contributed by atoms with van der Waals surface area (Å²) < 4.78 is 66.1. The summed E-state index contributed by atoms with van der Waals surface area (Å²) in [5.74, 6) is -2.67. The quantitative estimate of drug-likeness (QED) is 0.216. The van der Waals surface area contributed by atoms with Gasteiger partial charge in [-0.3, -0.25) is 9.59 Å². The fourth-order valence-electron chi connectivity index (χ4n) is 8.11. The molecule has 1 unspecified atom stereocenters. The summed E-state index contributed by atoms with van der Waals surface area (Å²) in [6, 6.07) is 9.06. The van der Waals surface area contributed by atoms with Gasteiger partial charge >= 0.3 is 0 Å². The number of anilines is 2. The van der Waals surface area contributed by atoms with Gasteiger partial charge in [0, 0.05) is 87.1 Å². The van der Waals surface area contributed by atoms with Gasteiger partial charge in [-0.25, -0.2) is 17.6 Å². The second-order valence-corrected chi connectivity index (χ2v) is 16.2. The number of nitrogens with zero attached hydrogens (tertiary/aromatic N) is 9. The number of fused-ring (bicyclic) bond motifs is 3. The van der Waals surface area contributed by atoms with Crippen LogP contribution in [0.15, 0.2) is 64.4 Å². The number of pyridine rings is 2. The second-order valence-electron chi connectivity index (χ2n) is 15.2. The second kappa shape index (κ2) is 13.5. The van der Waals surface area contributed by atoms with Gasteiger partial charge in [-0.05, 0) is 63.2 Å². The molecule has 1 atom stereocenters. The van der Waals surface area contributed by atoms with Crippen LogP contribution in [0, 0.1) is 23.3 Å². The van der Waals surface area contributed by atoms with Crippen molar-refractivity contribution in [2.24, 2.45) is 0 Å². The first-order chi connectivity index (χ1) is 27.5. The van der Waals surface area contributed by atoms with Gasteiger partial charge in [-0.2, -0.15) is 9.61 Å². The lowest BCUT2D eigenvalue weighted by Gasteiger charge is -2.34. The van der Waals surface area contributed by atoms with Gasteiger partial charge < -0.3 is 29.2 Å². The monoisotopic (exact) mass is 796 g/mol. The van der Waals surface area contributed by atoms with Crippen molar-refractivity contribution in [3.05, 3.63) is 98.6 Å². The van der Waals surface area contributed by atoms with Gasteiger partial charge in [0.05, 0.1) is 39.2 Å². The number of nitrogens with one attached hydrogen (secondary N) is 1. The van der Waals surface area contributed by atoms with Gasteiger partial charge in [-0.15, -0.1) is 10.2 Å². The topological polar surface area (TPSA) is 109 Å². The van der Waals surface area contributed by atoms with Gasteiger partial charge in [0.25, 0.3) is 0 Å². The van der Waals surface area contributed by atoms with Crippen molar-refractivity contribution in [2.75, 3.05) is 62.7 Å². The van der Waals surface area contributed by atoms with E-state index in [1.54, 1.807) is 12.3 Å². The smallest absolute Gasteiger partial charge is 0.235 e. The van der Waals surface area contributed by atoms with Gasteiger partial charge in [0.1, 0.15) is 23.3 Å². The fourth-order valence-corrected chi connectivity index (χ4v) is 8.96. The highest BCUT2D eigenvalue weighted by Crippen LogP contribution is 2.39. The Balaban J connectivity index is 1.12. The Kier molecular flexibility index (Phi) is 8.46. The molecule has 1 saturated carbocycles. The van der Waals surface area contributed by atoms with Gasteiger partial charge in [-0.1, -0.05) is 11.3 Å². The number of hydrogen-bond acceptors (Lipinski definition) is 10. The zero-order valence-corrected chi connectivity index (χ0v) is 31.8. The first-order valence-electron chi connectivity index (χ1n) is 18.9. The standard InChI is InChI=1S/C40H36F4N10O2S/c1-21-18-51(8-7-45-21)35-17-33-25(15-30(35)44)37(56)27(20-53(33)31-6-3-22(41)13-28(31)42)39-48-54-38(46-47-40(54)57-39)26-19-52(23-4-5-23)32-16-34(29(43)14-24(32)36(26)55)50-11-9-49(2)10-12-50/h3,6,13-17,19-21,23,45H,4-5,7-12,18H2,1-2H3. The minimum atomic E-state index is -0.886. The van der Waals surface area contributed by atoms with E-state index >= 15 is 13.2 Å². The van der Waals surface area contributed by atoms with Crippen LogP contribution in [0.4, 0.5) is 28.9 Å². The normalized spacial score (nSPS) is 18.1. The number of piperazine rings is 2. The van der Waals surface area contributed by atoms with Crippen LogP contribution in [0.3, 0.4) is 0 Å². The average Bonchev–Trinajstić information content (AvgIpc) is 3.84. The molecule has 0 radical (unpaired) electrons. The van der Waals surface area contributed by atoms with Crippen LogP contribution in [0.5, 0.6) is 0 Å². The van der Waals surface area contributed by atoms with E-state index in [-0.39, 0.29) is 66.7 Å². The lowest BCUT2D eigenvalue weighted by atomic mass is 10.1. The fraction of sp³-hybridized carbons (Fsp3) is 0.325. The summed E-state index contributed by atoms with van der Waals surface area (Å²) >= 11 is 1.01. The number of aromatic nitrogens is 6. The molecular formula is C40H36F4N10O2S. The number of likely N-dealkylation sites (N-methyl/N-ethyl adjacent to an activating group) is 1. The van der Waals surface area contributed by atoms with Crippen LogP contribution in [0.2, 0.25) is 0 Å². The Morgan fingerprint density at radius 2 is 1.44 bits per heavy atom. The van der Waals surface area contributed by atoms with E-state index in [9.17, 15) is 14.0 Å². The van der Waals surface area contributed by atoms with Crippen LogP contribution in [0.25, 0.3) is 54.4 Å². The zero-order chi connectivity index (χ0) is 39.3. The van der Waals surface area contributed by atoms with Crippen LogP contribution >= 0.6 is 11.3 Å².